The molecule has 0 spiro atoms. The van der Waals surface area contributed by atoms with E-state index in [4.69, 9.17) is 0 Å². The van der Waals surface area contributed by atoms with Crippen molar-refractivity contribution in [3.8, 4) is 0 Å². The Kier molecular flexibility index (Phi) is 5.41. The molecule has 0 unspecified atom stereocenters. The zero-order valence-electron chi connectivity index (χ0n) is 12.3. The molecule has 0 saturated carbocycles. The van der Waals surface area contributed by atoms with E-state index in [2.05, 4.69) is 34.4 Å². The third-order valence-corrected chi connectivity index (χ3v) is 4.50. The van der Waals surface area contributed by atoms with Crippen LogP contribution in [0.2, 0.25) is 0 Å². The molecule has 112 valence electrons. The van der Waals surface area contributed by atoms with Crippen LogP contribution in [0.5, 0.6) is 0 Å². The highest BCUT2D eigenvalue weighted by Crippen LogP contribution is 2.25. The molecule has 2 N–H and O–H groups in total. The smallest absolute Gasteiger partial charge is 0.234 e. The second-order valence-electron chi connectivity index (χ2n) is 5.01. The van der Waals surface area contributed by atoms with Crippen molar-refractivity contribution in [1.82, 2.24) is 20.6 Å². The largest absolute Gasteiger partial charge is 0.351 e. The number of rotatable bonds is 7. The van der Waals surface area contributed by atoms with E-state index < -0.39 is 0 Å². The number of nitrogens with zero attached hydrogens (tertiary/aromatic N) is 2. The highest BCUT2D eigenvalue weighted by Gasteiger charge is 2.27. The minimum absolute atomic E-state index is 0.0323. The average molecular weight is 304 g/mol. The molecule has 2 heterocycles. The summed E-state index contributed by atoms with van der Waals surface area (Å²) in [4.78, 5) is 20.3. The molecule has 21 heavy (non-hydrogen) atoms. The van der Waals surface area contributed by atoms with E-state index in [9.17, 15) is 4.79 Å². The van der Waals surface area contributed by atoms with E-state index in [1.54, 1.807) is 29.9 Å². The second-order valence-corrected chi connectivity index (χ2v) is 5.91. The van der Waals surface area contributed by atoms with Crippen LogP contribution < -0.4 is 10.6 Å². The number of hydrogen-bond acceptors (Lipinski definition) is 5. The number of carbonyl (C=O) groups is 1. The van der Waals surface area contributed by atoms with Gasteiger partial charge in [0.1, 0.15) is 5.01 Å². The maximum absolute atomic E-state index is 11.9. The van der Waals surface area contributed by atoms with E-state index in [0.717, 1.165) is 17.0 Å². The molecule has 0 aliphatic rings. The lowest BCUT2D eigenvalue weighted by Crippen LogP contribution is -2.44. The number of thiazole rings is 1. The summed E-state index contributed by atoms with van der Waals surface area (Å²) in [5, 5.41) is 9.14. The molecular formula is C15H20N4OS. The van der Waals surface area contributed by atoms with E-state index >= 15 is 0 Å². The topological polar surface area (TPSA) is 66.9 Å². The summed E-state index contributed by atoms with van der Waals surface area (Å²) in [5.74, 6) is -0.0323. The third kappa shape index (κ3) is 4.34. The van der Waals surface area contributed by atoms with Gasteiger partial charge in [-0.3, -0.25) is 15.1 Å². The van der Waals surface area contributed by atoms with Gasteiger partial charge in [0.25, 0.3) is 0 Å². The van der Waals surface area contributed by atoms with Gasteiger partial charge < -0.3 is 5.32 Å². The first-order valence-corrected chi connectivity index (χ1v) is 7.82. The normalized spacial score (nSPS) is 13.6. The fourth-order valence-corrected chi connectivity index (χ4v) is 2.74. The summed E-state index contributed by atoms with van der Waals surface area (Å²) >= 11 is 1.60. The van der Waals surface area contributed by atoms with Crippen molar-refractivity contribution < 1.29 is 4.79 Å². The molecule has 0 saturated heterocycles. The Balaban J connectivity index is 1.83. The SMILES string of the molecule is CC[C@](C)(NCC(=O)NCc1cccnc1)c1nccs1. The van der Waals surface area contributed by atoms with E-state index in [1.807, 2.05) is 17.5 Å². The van der Waals surface area contributed by atoms with Crippen molar-refractivity contribution in [2.24, 2.45) is 0 Å². The van der Waals surface area contributed by atoms with Gasteiger partial charge in [0.15, 0.2) is 0 Å². The number of hydrogen-bond donors (Lipinski definition) is 2. The lowest BCUT2D eigenvalue weighted by Gasteiger charge is -2.27. The summed E-state index contributed by atoms with van der Waals surface area (Å²) in [6.07, 6.45) is 6.13. The lowest BCUT2D eigenvalue weighted by atomic mass is 10.00. The first kappa shape index (κ1) is 15.6. The maximum Gasteiger partial charge on any atom is 0.234 e. The zero-order valence-corrected chi connectivity index (χ0v) is 13.1. The molecule has 1 amide bonds. The predicted octanol–water partition coefficient (Wildman–Crippen LogP) is 2.07. The minimum atomic E-state index is -0.264. The van der Waals surface area contributed by atoms with Crippen LogP contribution in [-0.4, -0.2) is 22.4 Å². The molecular weight excluding hydrogens is 284 g/mol. The maximum atomic E-state index is 11.9. The molecule has 0 aromatic carbocycles. The van der Waals surface area contributed by atoms with Gasteiger partial charge in [-0.2, -0.15) is 0 Å². The van der Waals surface area contributed by atoms with Crippen LogP contribution in [0.15, 0.2) is 36.1 Å². The minimum Gasteiger partial charge on any atom is -0.351 e. The molecule has 1 atom stereocenters. The Morgan fingerprint density at radius 1 is 1.43 bits per heavy atom. The third-order valence-electron chi connectivity index (χ3n) is 3.46. The Labute approximate surface area is 128 Å². The molecule has 5 nitrogen and oxygen atoms in total. The highest BCUT2D eigenvalue weighted by molar-refractivity contribution is 7.09. The van der Waals surface area contributed by atoms with Crippen LogP contribution in [0.3, 0.4) is 0 Å². The monoisotopic (exact) mass is 304 g/mol. The molecule has 6 heteroatoms. The summed E-state index contributed by atoms with van der Waals surface area (Å²) in [7, 11) is 0. The molecule has 2 aromatic heterocycles. The number of carbonyl (C=O) groups excluding carboxylic acids is 1. The average Bonchev–Trinajstić information content (AvgIpc) is 3.06. The Bertz CT molecular complexity index is 558. The number of pyridine rings is 1. The fourth-order valence-electron chi connectivity index (χ4n) is 1.89. The molecule has 2 aromatic rings. The molecule has 0 fully saturated rings. The van der Waals surface area contributed by atoms with Gasteiger partial charge in [0, 0.05) is 30.5 Å². The number of aromatic nitrogens is 2. The van der Waals surface area contributed by atoms with E-state index in [1.165, 1.54) is 0 Å². The quantitative estimate of drug-likeness (QED) is 0.822. The summed E-state index contributed by atoms with van der Waals surface area (Å²) in [6, 6.07) is 3.79. The van der Waals surface area contributed by atoms with Crippen LogP contribution in [0.1, 0.15) is 30.8 Å². The Morgan fingerprint density at radius 3 is 2.90 bits per heavy atom. The number of amides is 1. The van der Waals surface area contributed by atoms with Gasteiger partial charge >= 0.3 is 0 Å². The second kappa shape index (κ2) is 7.28. The standard InChI is InChI=1S/C15H20N4OS/c1-3-15(2,14-17-7-8-21-14)19-11-13(20)18-10-12-5-4-6-16-9-12/h4-9,19H,3,10-11H2,1-2H3,(H,18,20)/t15-/m0/s1. The fraction of sp³-hybridized carbons (Fsp3) is 0.400. The first-order chi connectivity index (χ1) is 10.1. The predicted molar refractivity (Wildman–Crippen MR) is 83.8 cm³/mol. The summed E-state index contributed by atoms with van der Waals surface area (Å²) in [5.41, 5.74) is 0.726. The zero-order chi connectivity index (χ0) is 15.1. The first-order valence-electron chi connectivity index (χ1n) is 6.94. The summed E-state index contributed by atoms with van der Waals surface area (Å²) in [6.45, 7) is 4.92. The van der Waals surface area contributed by atoms with Gasteiger partial charge in [-0.1, -0.05) is 13.0 Å². The molecule has 0 radical (unpaired) electrons. The lowest BCUT2D eigenvalue weighted by molar-refractivity contribution is -0.120. The highest BCUT2D eigenvalue weighted by atomic mass is 32.1. The Morgan fingerprint density at radius 2 is 2.29 bits per heavy atom. The summed E-state index contributed by atoms with van der Waals surface area (Å²) < 4.78 is 0. The van der Waals surface area contributed by atoms with Crippen molar-refractivity contribution in [2.45, 2.75) is 32.4 Å². The van der Waals surface area contributed by atoms with Crippen molar-refractivity contribution in [3.05, 3.63) is 46.7 Å². The van der Waals surface area contributed by atoms with Crippen LogP contribution in [0, 0.1) is 0 Å². The van der Waals surface area contributed by atoms with Crippen molar-refractivity contribution >= 4 is 17.2 Å². The Hall–Kier alpha value is -1.79. The van der Waals surface area contributed by atoms with E-state index in [0.29, 0.717) is 6.54 Å². The molecule has 0 bridgehead atoms. The molecule has 2 rings (SSSR count). The van der Waals surface area contributed by atoms with Gasteiger partial charge in [-0.15, -0.1) is 11.3 Å². The van der Waals surface area contributed by atoms with E-state index in [-0.39, 0.29) is 18.0 Å². The van der Waals surface area contributed by atoms with Crippen LogP contribution in [-0.2, 0) is 16.9 Å². The van der Waals surface area contributed by atoms with Gasteiger partial charge in [0.05, 0.1) is 12.1 Å². The van der Waals surface area contributed by atoms with Gasteiger partial charge in [-0.05, 0) is 25.0 Å². The van der Waals surface area contributed by atoms with Crippen LogP contribution in [0.25, 0.3) is 0 Å². The van der Waals surface area contributed by atoms with Crippen molar-refractivity contribution in [2.75, 3.05) is 6.54 Å². The van der Waals surface area contributed by atoms with Crippen molar-refractivity contribution in [1.29, 1.82) is 0 Å². The van der Waals surface area contributed by atoms with Crippen molar-refractivity contribution in [3.63, 3.8) is 0 Å². The number of nitrogens with one attached hydrogen (secondary N) is 2. The van der Waals surface area contributed by atoms with Gasteiger partial charge in [-0.25, -0.2) is 4.98 Å². The molecule has 0 aliphatic heterocycles. The molecule has 0 aliphatic carbocycles. The van der Waals surface area contributed by atoms with Gasteiger partial charge in [0.2, 0.25) is 5.91 Å². The van der Waals surface area contributed by atoms with Crippen LogP contribution >= 0.6 is 11.3 Å². The van der Waals surface area contributed by atoms with Crippen LogP contribution in [0.4, 0.5) is 0 Å².